The van der Waals surface area contributed by atoms with Gasteiger partial charge in [0.1, 0.15) is 5.65 Å². The van der Waals surface area contributed by atoms with Gasteiger partial charge in [0.15, 0.2) is 5.43 Å². The Balaban J connectivity index is 2.29. The van der Waals surface area contributed by atoms with Crippen LogP contribution in [-0.2, 0) is 0 Å². The Bertz CT molecular complexity index is 981. The molecule has 1 N–H and O–H groups in total. The zero-order chi connectivity index (χ0) is 12.8. The third-order valence-corrected chi connectivity index (χ3v) is 3.44. The van der Waals surface area contributed by atoms with Gasteiger partial charge in [-0.25, -0.2) is 4.98 Å². The molecule has 0 saturated heterocycles. The number of fused-ring (bicyclic) bond motifs is 3. The maximum absolute atomic E-state index is 12.5. The average Bonchev–Trinajstić information content (AvgIpc) is 2.46. The van der Waals surface area contributed by atoms with E-state index in [1.54, 1.807) is 18.3 Å². The first-order valence-corrected chi connectivity index (χ1v) is 6.12. The van der Waals surface area contributed by atoms with Gasteiger partial charge in [-0.3, -0.25) is 4.79 Å². The van der Waals surface area contributed by atoms with Gasteiger partial charge in [0.05, 0.1) is 10.9 Å². The third kappa shape index (κ3) is 1.45. The van der Waals surface area contributed by atoms with E-state index in [2.05, 4.69) is 9.97 Å². The van der Waals surface area contributed by atoms with Gasteiger partial charge in [0, 0.05) is 11.6 Å². The number of benzene rings is 2. The zero-order valence-electron chi connectivity index (χ0n) is 10.1. The standard InChI is InChI=1S/C16H10N2O/c19-15-12-6-3-7-17-16(12)18-14-9-11-5-2-1-4-10(11)8-13(14)15/h1-9H,(H,17,18,19). The molecule has 0 aliphatic heterocycles. The lowest BCUT2D eigenvalue weighted by Crippen LogP contribution is -2.04. The van der Waals surface area contributed by atoms with Crippen LogP contribution in [0.3, 0.4) is 0 Å². The normalized spacial score (nSPS) is 11.4. The fraction of sp³-hybridized carbons (Fsp3) is 0. The quantitative estimate of drug-likeness (QED) is 0.484. The molecule has 0 aliphatic rings. The van der Waals surface area contributed by atoms with Gasteiger partial charge in [0.25, 0.3) is 0 Å². The molecule has 0 unspecified atom stereocenters. The number of hydrogen-bond acceptors (Lipinski definition) is 2. The van der Waals surface area contributed by atoms with E-state index >= 15 is 0 Å². The van der Waals surface area contributed by atoms with Crippen LogP contribution in [-0.4, -0.2) is 9.97 Å². The highest BCUT2D eigenvalue weighted by molar-refractivity contribution is 6.00. The summed E-state index contributed by atoms with van der Waals surface area (Å²) in [5.41, 5.74) is 1.49. The molecule has 0 atom stereocenters. The zero-order valence-corrected chi connectivity index (χ0v) is 10.1. The lowest BCUT2D eigenvalue weighted by atomic mass is 10.1. The first-order valence-electron chi connectivity index (χ1n) is 6.12. The number of nitrogens with one attached hydrogen (secondary N) is 1. The SMILES string of the molecule is O=c1c2cc3ccccc3cc2[nH]c2ncccc12. The minimum absolute atomic E-state index is 0.0302. The van der Waals surface area contributed by atoms with Crippen molar-refractivity contribution in [3.8, 4) is 0 Å². The predicted octanol–water partition coefficient (Wildman–Crippen LogP) is 3.23. The average molecular weight is 246 g/mol. The van der Waals surface area contributed by atoms with E-state index in [-0.39, 0.29) is 5.43 Å². The predicted molar refractivity (Wildman–Crippen MR) is 77.4 cm³/mol. The van der Waals surface area contributed by atoms with Gasteiger partial charge in [-0.2, -0.15) is 0 Å². The van der Waals surface area contributed by atoms with E-state index in [0.29, 0.717) is 16.4 Å². The molecule has 19 heavy (non-hydrogen) atoms. The maximum Gasteiger partial charge on any atom is 0.198 e. The molecule has 2 aromatic carbocycles. The molecule has 0 amide bonds. The molecule has 0 saturated carbocycles. The first-order chi connectivity index (χ1) is 9.33. The first kappa shape index (κ1) is 10.3. The van der Waals surface area contributed by atoms with Crippen molar-refractivity contribution in [3.05, 3.63) is 65.0 Å². The summed E-state index contributed by atoms with van der Waals surface area (Å²) in [5.74, 6) is 0. The Morgan fingerprint density at radius 1 is 0.895 bits per heavy atom. The monoisotopic (exact) mass is 246 g/mol. The van der Waals surface area contributed by atoms with E-state index in [0.717, 1.165) is 16.3 Å². The summed E-state index contributed by atoms with van der Waals surface area (Å²) < 4.78 is 0. The molecule has 4 rings (SSSR count). The third-order valence-electron chi connectivity index (χ3n) is 3.44. The number of aromatic nitrogens is 2. The van der Waals surface area contributed by atoms with E-state index in [1.165, 1.54) is 0 Å². The van der Waals surface area contributed by atoms with Crippen molar-refractivity contribution in [1.29, 1.82) is 0 Å². The van der Waals surface area contributed by atoms with Crippen LogP contribution in [0.4, 0.5) is 0 Å². The van der Waals surface area contributed by atoms with Crippen LogP contribution in [0.2, 0.25) is 0 Å². The fourth-order valence-corrected chi connectivity index (χ4v) is 2.49. The van der Waals surface area contributed by atoms with Crippen LogP contribution in [0, 0.1) is 0 Å². The smallest absolute Gasteiger partial charge is 0.198 e. The van der Waals surface area contributed by atoms with Crippen LogP contribution < -0.4 is 5.43 Å². The molecule has 0 bridgehead atoms. The van der Waals surface area contributed by atoms with Gasteiger partial charge in [-0.15, -0.1) is 0 Å². The fourth-order valence-electron chi connectivity index (χ4n) is 2.49. The Hall–Kier alpha value is -2.68. The summed E-state index contributed by atoms with van der Waals surface area (Å²) in [6, 6.07) is 15.5. The highest BCUT2D eigenvalue weighted by Crippen LogP contribution is 2.20. The number of H-pyrrole nitrogens is 1. The minimum Gasteiger partial charge on any atom is -0.339 e. The molecule has 0 fully saturated rings. The molecular weight excluding hydrogens is 236 g/mol. The Morgan fingerprint density at radius 2 is 1.68 bits per heavy atom. The molecule has 2 heterocycles. The molecule has 0 radical (unpaired) electrons. The molecule has 0 aliphatic carbocycles. The molecule has 90 valence electrons. The van der Waals surface area contributed by atoms with E-state index < -0.39 is 0 Å². The van der Waals surface area contributed by atoms with Gasteiger partial charge in [0.2, 0.25) is 0 Å². The second kappa shape index (κ2) is 3.65. The van der Waals surface area contributed by atoms with Gasteiger partial charge >= 0.3 is 0 Å². The molecule has 3 nitrogen and oxygen atoms in total. The Morgan fingerprint density at radius 3 is 2.53 bits per heavy atom. The lowest BCUT2D eigenvalue weighted by molar-refractivity contribution is 1.32. The molecule has 2 aromatic heterocycles. The van der Waals surface area contributed by atoms with Crippen molar-refractivity contribution in [2.75, 3.05) is 0 Å². The van der Waals surface area contributed by atoms with E-state index in [1.807, 2.05) is 36.4 Å². The highest BCUT2D eigenvalue weighted by Gasteiger charge is 2.06. The summed E-state index contributed by atoms with van der Waals surface area (Å²) in [4.78, 5) is 19.9. The van der Waals surface area contributed by atoms with Crippen LogP contribution >= 0.6 is 0 Å². The number of rotatable bonds is 0. The van der Waals surface area contributed by atoms with Gasteiger partial charge < -0.3 is 4.98 Å². The van der Waals surface area contributed by atoms with Crippen molar-refractivity contribution in [2.24, 2.45) is 0 Å². The van der Waals surface area contributed by atoms with Crippen molar-refractivity contribution >= 4 is 32.7 Å². The van der Waals surface area contributed by atoms with Gasteiger partial charge in [-0.1, -0.05) is 24.3 Å². The van der Waals surface area contributed by atoms with E-state index in [9.17, 15) is 4.79 Å². The minimum atomic E-state index is 0.0302. The van der Waals surface area contributed by atoms with Crippen LogP contribution in [0.15, 0.2) is 59.5 Å². The summed E-state index contributed by atoms with van der Waals surface area (Å²) in [6.45, 7) is 0. The van der Waals surface area contributed by atoms with Crippen LogP contribution in [0.1, 0.15) is 0 Å². The van der Waals surface area contributed by atoms with Crippen molar-refractivity contribution < 1.29 is 0 Å². The maximum atomic E-state index is 12.5. The van der Waals surface area contributed by atoms with Crippen LogP contribution in [0.5, 0.6) is 0 Å². The highest BCUT2D eigenvalue weighted by atomic mass is 16.1. The van der Waals surface area contributed by atoms with Crippen LogP contribution in [0.25, 0.3) is 32.7 Å². The number of pyridine rings is 2. The topological polar surface area (TPSA) is 45.8 Å². The summed E-state index contributed by atoms with van der Waals surface area (Å²) in [5, 5.41) is 3.52. The van der Waals surface area contributed by atoms with Crippen molar-refractivity contribution in [1.82, 2.24) is 9.97 Å². The molecule has 3 heteroatoms. The number of nitrogens with zero attached hydrogens (tertiary/aromatic N) is 1. The molecular formula is C16H10N2O. The largest absolute Gasteiger partial charge is 0.339 e. The summed E-state index contributed by atoms with van der Waals surface area (Å²) in [6.07, 6.45) is 1.69. The lowest BCUT2D eigenvalue weighted by Gasteiger charge is -2.04. The number of aromatic amines is 1. The Labute approximate surface area is 108 Å². The molecule has 0 spiro atoms. The second-order valence-corrected chi connectivity index (χ2v) is 4.60. The number of hydrogen-bond donors (Lipinski definition) is 1. The summed E-state index contributed by atoms with van der Waals surface area (Å²) in [7, 11) is 0. The van der Waals surface area contributed by atoms with Gasteiger partial charge in [-0.05, 0) is 35.0 Å². The van der Waals surface area contributed by atoms with Crippen molar-refractivity contribution in [2.45, 2.75) is 0 Å². The summed E-state index contributed by atoms with van der Waals surface area (Å²) >= 11 is 0. The second-order valence-electron chi connectivity index (χ2n) is 4.60. The van der Waals surface area contributed by atoms with Crippen molar-refractivity contribution in [3.63, 3.8) is 0 Å². The molecule has 4 aromatic rings. The van der Waals surface area contributed by atoms with E-state index in [4.69, 9.17) is 0 Å². The Kier molecular flexibility index (Phi) is 1.97.